The number of ether oxygens (including phenoxy) is 4. The lowest BCUT2D eigenvalue weighted by Gasteiger charge is -2.30. The number of hydrogen-bond acceptors (Lipinski definition) is 16. The molecule has 3 aromatic carbocycles. The van der Waals surface area contributed by atoms with Crippen LogP contribution in [-0.2, 0) is 25.1 Å². The molecule has 2 aromatic heterocycles. The number of carbonyl (C=O) groups excluding carboxylic acids is 1. The molecule has 0 radical (unpaired) electrons. The SMILES string of the molecule is Nc1ccc(-c2nc(N3CCOCC3)nc(N3CCOCC3)n2)cc1.O=C(Nc1ccc(-c2nc(N3CCOCC3)nc(N3CCOCC3)n2)cc1)Nc1ccc(C(F)(F)F)cc1. The lowest BCUT2D eigenvalue weighted by atomic mass is 10.2. The number of anilines is 7. The van der Waals surface area contributed by atoms with Gasteiger partial charge in [-0.1, -0.05) is 0 Å². The Morgan fingerprint density at radius 2 is 0.778 bits per heavy atom. The summed E-state index contributed by atoms with van der Waals surface area (Å²) in [6.07, 6.45) is -4.44. The monoisotopic (exact) mass is 871 g/mol. The maximum Gasteiger partial charge on any atom is 0.416 e. The molecule has 9 rings (SSSR count). The summed E-state index contributed by atoms with van der Waals surface area (Å²) in [4.78, 5) is 49.0. The molecule has 4 aliphatic rings. The Morgan fingerprint density at radius 3 is 1.10 bits per heavy atom. The van der Waals surface area contributed by atoms with Crippen LogP contribution < -0.4 is 36.0 Å². The van der Waals surface area contributed by atoms with Crippen LogP contribution in [0.25, 0.3) is 22.8 Å². The van der Waals surface area contributed by atoms with Crippen molar-refractivity contribution in [3.05, 3.63) is 78.4 Å². The first-order valence-corrected chi connectivity index (χ1v) is 20.7. The molecule has 4 N–H and O–H groups in total. The molecule has 0 spiro atoms. The van der Waals surface area contributed by atoms with Gasteiger partial charge in [-0.2, -0.15) is 43.1 Å². The largest absolute Gasteiger partial charge is 0.416 e. The van der Waals surface area contributed by atoms with Gasteiger partial charge in [0, 0.05) is 80.5 Å². The molecular formula is C42H48F3N13O5. The summed E-state index contributed by atoms with van der Waals surface area (Å²) in [6.45, 7) is 11.0. The van der Waals surface area contributed by atoms with E-state index in [1.165, 1.54) is 12.1 Å². The zero-order valence-corrected chi connectivity index (χ0v) is 34.5. The average Bonchev–Trinajstić information content (AvgIpc) is 3.33. The van der Waals surface area contributed by atoms with E-state index in [1.807, 2.05) is 24.3 Å². The van der Waals surface area contributed by atoms with Crippen LogP contribution in [0, 0.1) is 0 Å². The molecule has 4 fully saturated rings. The summed E-state index contributed by atoms with van der Waals surface area (Å²) in [7, 11) is 0. The minimum absolute atomic E-state index is 0.239. The van der Waals surface area contributed by atoms with E-state index in [0.29, 0.717) is 120 Å². The molecule has 2 amide bonds. The van der Waals surface area contributed by atoms with Gasteiger partial charge in [0.25, 0.3) is 0 Å². The van der Waals surface area contributed by atoms with Crippen LogP contribution in [0.5, 0.6) is 0 Å². The summed E-state index contributed by atoms with van der Waals surface area (Å²) in [5.41, 5.74) is 8.14. The Balaban J connectivity index is 0.000000188. The summed E-state index contributed by atoms with van der Waals surface area (Å²) in [6, 6.07) is 18.2. The highest BCUT2D eigenvalue weighted by molar-refractivity contribution is 5.99. The topological polar surface area (TPSA) is 194 Å². The van der Waals surface area contributed by atoms with E-state index < -0.39 is 17.8 Å². The van der Waals surface area contributed by atoms with Crippen LogP contribution in [0.2, 0.25) is 0 Å². The molecule has 0 atom stereocenters. The third-order valence-electron chi connectivity index (χ3n) is 10.4. The number of carbonyl (C=O) groups is 1. The molecule has 0 bridgehead atoms. The van der Waals surface area contributed by atoms with Crippen molar-refractivity contribution in [3.8, 4) is 22.8 Å². The molecule has 0 saturated carbocycles. The number of hydrogen-bond donors (Lipinski definition) is 3. The van der Waals surface area contributed by atoms with Crippen molar-refractivity contribution in [1.82, 2.24) is 29.9 Å². The first-order chi connectivity index (χ1) is 30.6. The van der Waals surface area contributed by atoms with Crippen molar-refractivity contribution in [2.24, 2.45) is 0 Å². The first-order valence-electron chi connectivity index (χ1n) is 20.7. The Morgan fingerprint density at radius 1 is 0.476 bits per heavy atom. The van der Waals surface area contributed by atoms with E-state index in [9.17, 15) is 18.0 Å². The molecule has 6 heterocycles. The molecule has 21 heteroatoms. The summed E-state index contributed by atoms with van der Waals surface area (Å²) in [5, 5.41) is 5.19. The second kappa shape index (κ2) is 20.2. The normalized spacial score (nSPS) is 17.1. The number of aromatic nitrogens is 6. The second-order valence-corrected chi connectivity index (χ2v) is 14.8. The van der Waals surface area contributed by atoms with Crippen molar-refractivity contribution in [2.75, 3.05) is 141 Å². The van der Waals surface area contributed by atoms with Gasteiger partial charge in [-0.15, -0.1) is 0 Å². The number of nitrogens with two attached hydrogens (primary N) is 1. The molecule has 5 aromatic rings. The Bertz CT molecular complexity index is 2200. The summed E-state index contributed by atoms with van der Waals surface area (Å²) < 4.78 is 60.0. The maximum atomic E-state index is 12.7. The fourth-order valence-corrected chi connectivity index (χ4v) is 6.96. The number of urea groups is 1. The highest BCUT2D eigenvalue weighted by atomic mass is 19.4. The van der Waals surface area contributed by atoms with E-state index in [1.54, 1.807) is 24.3 Å². The molecule has 332 valence electrons. The molecule has 0 aliphatic carbocycles. The Hall–Kier alpha value is -6.42. The third-order valence-corrected chi connectivity index (χ3v) is 10.4. The molecule has 18 nitrogen and oxygen atoms in total. The number of nitrogens with one attached hydrogen (secondary N) is 2. The van der Waals surface area contributed by atoms with E-state index >= 15 is 0 Å². The quantitative estimate of drug-likeness (QED) is 0.182. The fourth-order valence-electron chi connectivity index (χ4n) is 6.96. The Kier molecular flexibility index (Phi) is 13.8. The second-order valence-electron chi connectivity index (χ2n) is 14.8. The highest BCUT2D eigenvalue weighted by Gasteiger charge is 2.30. The van der Waals surface area contributed by atoms with Crippen molar-refractivity contribution in [2.45, 2.75) is 6.18 Å². The van der Waals surface area contributed by atoms with Gasteiger partial charge in [-0.25, -0.2) is 4.79 Å². The van der Waals surface area contributed by atoms with Crippen molar-refractivity contribution < 1.29 is 36.9 Å². The lowest BCUT2D eigenvalue weighted by Crippen LogP contribution is -2.40. The van der Waals surface area contributed by atoms with Crippen molar-refractivity contribution >= 4 is 46.9 Å². The van der Waals surface area contributed by atoms with Gasteiger partial charge in [0.1, 0.15) is 0 Å². The van der Waals surface area contributed by atoms with Gasteiger partial charge in [-0.05, 0) is 72.8 Å². The van der Waals surface area contributed by atoms with E-state index in [0.717, 1.165) is 55.1 Å². The van der Waals surface area contributed by atoms with Crippen LogP contribution >= 0.6 is 0 Å². The van der Waals surface area contributed by atoms with Gasteiger partial charge in [0.2, 0.25) is 23.8 Å². The van der Waals surface area contributed by atoms with Crippen molar-refractivity contribution in [1.29, 1.82) is 0 Å². The summed E-state index contributed by atoms with van der Waals surface area (Å²) >= 11 is 0. The van der Waals surface area contributed by atoms with E-state index in [-0.39, 0.29) is 5.69 Å². The van der Waals surface area contributed by atoms with Crippen LogP contribution in [0.15, 0.2) is 72.8 Å². The zero-order chi connectivity index (χ0) is 43.6. The van der Waals surface area contributed by atoms with Gasteiger partial charge in [0.05, 0.1) is 58.4 Å². The third kappa shape index (κ3) is 11.5. The zero-order valence-electron chi connectivity index (χ0n) is 34.5. The van der Waals surface area contributed by atoms with Gasteiger partial charge >= 0.3 is 12.2 Å². The maximum absolute atomic E-state index is 12.7. The molecule has 63 heavy (non-hydrogen) atoms. The number of halogens is 3. The number of amides is 2. The lowest BCUT2D eigenvalue weighted by molar-refractivity contribution is -0.137. The average molecular weight is 872 g/mol. The van der Waals surface area contributed by atoms with Gasteiger partial charge in [-0.3, -0.25) is 0 Å². The van der Waals surface area contributed by atoms with Crippen LogP contribution in [-0.4, -0.2) is 141 Å². The van der Waals surface area contributed by atoms with E-state index in [2.05, 4.69) is 30.2 Å². The Labute approximate surface area is 361 Å². The van der Waals surface area contributed by atoms with Crippen molar-refractivity contribution in [3.63, 3.8) is 0 Å². The molecule has 4 aliphatic heterocycles. The molecular weight excluding hydrogens is 824 g/mol. The fraction of sp³-hybridized carbons (Fsp3) is 0.405. The smallest absolute Gasteiger partial charge is 0.399 e. The molecule has 0 unspecified atom stereocenters. The number of nitrogens with zero attached hydrogens (tertiary/aromatic N) is 10. The number of nitrogen functional groups attached to an aromatic ring is 1. The van der Waals surface area contributed by atoms with Gasteiger partial charge in [0.15, 0.2) is 11.6 Å². The predicted molar refractivity (Wildman–Crippen MR) is 231 cm³/mol. The number of alkyl halides is 3. The van der Waals surface area contributed by atoms with Gasteiger partial charge < -0.3 is 54.9 Å². The number of benzene rings is 3. The van der Waals surface area contributed by atoms with Crippen LogP contribution in [0.4, 0.5) is 58.8 Å². The minimum Gasteiger partial charge on any atom is -0.399 e. The standard InChI is InChI=1S/C25H26F3N7O3.C17H22N6O2/c26-25(27,28)18-3-7-20(8-4-18)30-24(36)29-19-5-1-17(2-6-19)21-31-22(34-9-13-37-14-10-34)33-23(32-21)35-11-15-38-16-12-35;18-14-3-1-13(2-4-14)15-19-16(22-5-9-24-10-6-22)21-17(20-15)23-7-11-25-12-8-23/h1-8H,9-16H2,(H2,29,30,36);1-4H,5-12,18H2. The number of rotatable bonds is 8. The first kappa shape index (κ1) is 43.2. The minimum atomic E-state index is -4.44. The number of morpholine rings is 4. The predicted octanol–water partition coefficient (Wildman–Crippen LogP) is 4.67. The van der Waals surface area contributed by atoms with Crippen LogP contribution in [0.1, 0.15) is 5.56 Å². The highest BCUT2D eigenvalue weighted by Crippen LogP contribution is 2.30. The van der Waals surface area contributed by atoms with E-state index in [4.69, 9.17) is 54.6 Å². The van der Waals surface area contributed by atoms with Crippen LogP contribution in [0.3, 0.4) is 0 Å². The molecule has 4 saturated heterocycles. The summed E-state index contributed by atoms with van der Waals surface area (Å²) in [5.74, 6) is 3.73.